The molecule has 7 heteroatoms. The number of hydrogen-bond acceptors (Lipinski definition) is 5. The fourth-order valence-corrected chi connectivity index (χ4v) is 7.01. The standard InChI is InChI=1S/C33H41N7/c1-22-5-2-9-30(37-22)33-28(20-36-39-33)24-6-3-7-25-17-27(19-35-29(25)12-10-24)31-21-40-16-4-8-23(11-13-32(40)38-31)26-14-15-34-18-26/h3,7-9,17,19-22,24,26,34,37H,2,4-6,10-16,18H2,1H3,(H,36,39)/b7-3+,23-8-. The highest BCUT2D eigenvalue weighted by Gasteiger charge is 2.24. The van der Waals surface area contributed by atoms with Crippen LogP contribution in [0.5, 0.6) is 0 Å². The van der Waals surface area contributed by atoms with E-state index >= 15 is 0 Å². The summed E-state index contributed by atoms with van der Waals surface area (Å²) in [6.45, 7) is 5.55. The molecule has 0 bridgehead atoms. The molecule has 0 saturated carbocycles. The van der Waals surface area contributed by atoms with Crippen LogP contribution in [-0.4, -0.2) is 43.9 Å². The predicted molar refractivity (Wildman–Crippen MR) is 161 cm³/mol. The van der Waals surface area contributed by atoms with E-state index in [1.807, 2.05) is 6.20 Å². The molecule has 1 saturated heterocycles. The number of aryl methyl sites for hydroxylation is 3. The molecule has 1 aliphatic carbocycles. The summed E-state index contributed by atoms with van der Waals surface area (Å²) in [7, 11) is 0. The van der Waals surface area contributed by atoms with Crippen molar-refractivity contribution >= 4 is 11.8 Å². The van der Waals surface area contributed by atoms with Crippen LogP contribution in [0.2, 0.25) is 0 Å². The lowest BCUT2D eigenvalue weighted by Gasteiger charge is -2.24. The van der Waals surface area contributed by atoms with Gasteiger partial charge in [0.15, 0.2) is 0 Å². The molecule has 3 aliphatic heterocycles. The van der Waals surface area contributed by atoms with Crippen molar-refractivity contribution in [3.05, 3.63) is 76.8 Å². The Morgan fingerprint density at radius 1 is 1.02 bits per heavy atom. The molecule has 208 valence electrons. The fraction of sp³-hybridized carbons (Fsp3) is 0.485. The minimum absolute atomic E-state index is 0.422. The number of pyridine rings is 1. The molecule has 4 aliphatic rings. The first-order valence-electron chi connectivity index (χ1n) is 15.3. The summed E-state index contributed by atoms with van der Waals surface area (Å²) in [5, 5.41) is 15.0. The normalized spacial score (nSPS) is 27.1. The number of hydrogen-bond donors (Lipinski definition) is 3. The molecule has 3 N–H and O–H groups in total. The number of fused-ring (bicyclic) bond motifs is 2. The van der Waals surface area contributed by atoms with E-state index in [9.17, 15) is 0 Å². The van der Waals surface area contributed by atoms with Gasteiger partial charge in [-0.05, 0) is 88.3 Å². The molecule has 0 amide bonds. The van der Waals surface area contributed by atoms with E-state index in [-0.39, 0.29) is 0 Å². The van der Waals surface area contributed by atoms with E-state index in [1.54, 1.807) is 5.57 Å². The average molecular weight is 536 g/mol. The number of aromatic nitrogens is 5. The molecule has 40 heavy (non-hydrogen) atoms. The highest BCUT2D eigenvalue weighted by molar-refractivity contribution is 5.66. The second-order valence-electron chi connectivity index (χ2n) is 12.1. The first kappa shape index (κ1) is 25.5. The van der Waals surface area contributed by atoms with Crippen LogP contribution in [0.1, 0.15) is 86.1 Å². The van der Waals surface area contributed by atoms with Gasteiger partial charge in [0.2, 0.25) is 0 Å². The lowest BCUT2D eigenvalue weighted by atomic mass is 9.87. The lowest BCUT2D eigenvalue weighted by molar-refractivity contribution is 0.577. The van der Waals surface area contributed by atoms with Gasteiger partial charge in [-0.15, -0.1) is 0 Å². The lowest BCUT2D eigenvalue weighted by Crippen LogP contribution is -2.28. The Hall–Kier alpha value is -3.45. The maximum Gasteiger partial charge on any atom is 0.111 e. The van der Waals surface area contributed by atoms with Gasteiger partial charge in [0.05, 0.1) is 11.4 Å². The van der Waals surface area contributed by atoms with Crippen molar-refractivity contribution in [3.63, 3.8) is 0 Å². The van der Waals surface area contributed by atoms with Gasteiger partial charge in [0.25, 0.3) is 0 Å². The molecule has 3 aromatic rings. The zero-order valence-electron chi connectivity index (χ0n) is 23.6. The Bertz CT molecular complexity index is 1450. The third kappa shape index (κ3) is 5.19. The second kappa shape index (κ2) is 11.2. The van der Waals surface area contributed by atoms with E-state index in [2.05, 4.69) is 75.1 Å². The minimum Gasteiger partial charge on any atom is -0.381 e. The van der Waals surface area contributed by atoms with Gasteiger partial charge in [-0.3, -0.25) is 10.1 Å². The summed E-state index contributed by atoms with van der Waals surface area (Å²) < 4.78 is 2.37. The Labute approximate surface area is 237 Å². The number of H-pyrrole nitrogens is 1. The zero-order chi connectivity index (χ0) is 26.9. The highest BCUT2D eigenvalue weighted by atomic mass is 15.1. The van der Waals surface area contributed by atoms with E-state index in [4.69, 9.17) is 9.97 Å². The minimum atomic E-state index is 0.422. The predicted octanol–water partition coefficient (Wildman–Crippen LogP) is 5.79. The third-order valence-electron chi connectivity index (χ3n) is 9.32. The summed E-state index contributed by atoms with van der Waals surface area (Å²) in [5.41, 5.74) is 9.80. The van der Waals surface area contributed by atoms with Crippen LogP contribution in [0, 0.1) is 5.92 Å². The van der Waals surface area contributed by atoms with Crippen molar-refractivity contribution < 1.29 is 0 Å². The molecular weight excluding hydrogens is 494 g/mol. The smallest absolute Gasteiger partial charge is 0.111 e. The number of aromatic amines is 1. The molecule has 7 nitrogen and oxygen atoms in total. The van der Waals surface area contributed by atoms with Crippen LogP contribution < -0.4 is 10.6 Å². The van der Waals surface area contributed by atoms with Gasteiger partial charge < -0.3 is 15.2 Å². The summed E-state index contributed by atoms with van der Waals surface area (Å²) >= 11 is 0. The van der Waals surface area contributed by atoms with E-state index < -0.39 is 0 Å². The fourth-order valence-electron chi connectivity index (χ4n) is 7.01. The Kier molecular flexibility index (Phi) is 7.14. The van der Waals surface area contributed by atoms with Crippen molar-refractivity contribution in [3.8, 4) is 11.3 Å². The van der Waals surface area contributed by atoms with Crippen molar-refractivity contribution in [2.75, 3.05) is 13.1 Å². The highest BCUT2D eigenvalue weighted by Crippen LogP contribution is 2.34. The van der Waals surface area contributed by atoms with Gasteiger partial charge in [-0.1, -0.05) is 29.9 Å². The van der Waals surface area contributed by atoms with Gasteiger partial charge in [-0.2, -0.15) is 5.10 Å². The molecule has 0 radical (unpaired) electrons. The van der Waals surface area contributed by atoms with Crippen LogP contribution in [0.4, 0.5) is 0 Å². The molecule has 0 aromatic carbocycles. The monoisotopic (exact) mass is 535 g/mol. The van der Waals surface area contributed by atoms with Crippen LogP contribution in [0.25, 0.3) is 23.0 Å². The molecule has 7 rings (SSSR count). The number of nitrogens with one attached hydrogen (secondary N) is 3. The number of rotatable bonds is 4. The van der Waals surface area contributed by atoms with E-state index in [0.29, 0.717) is 12.0 Å². The first-order chi connectivity index (χ1) is 19.7. The maximum absolute atomic E-state index is 5.11. The third-order valence-corrected chi connectivity index (χ3v) is 9.32. The summed E-state index contributed by atoms with van der Waals surface area (Å²) in [4.78, 5) is 10.1. The molecule has 1 fully saturated rings. The van der Waals surface area contributed by atoms with Gasteiger partial charge in [0.1, 0.15) is 11.5 Å². The maximum atomic E-state index is 5.11. The van der Waals surface area contributed by atoms with Crippen molar-refractivity contribution in [1.29, 1.82) is 0 Å². The summed E-state index contributed by atoms with van der Waals surface area (Å²) in [6.07, 6.45) is 25.6. The largest absolute Gasteiger partial charge is 0.381 e. The summed E-state index contributed by atoms with van der Waals surface area (Å²) in [5.74, 6) is 2.35. The van der Waals surface area contributed by atoms with Gasteiger partial charge >= 0.3 is 0 Å². The number of allylic oxidation sites excluding steroid dienone is 3. The topological polar surface area (TPSA) is 83.5 Å². The molecule has 3 atom stereocenters. The SMILES string of the molecule is CC1CCC=C(c2n[nH]cc2C2C/C=C/c3cc(-c4cn5c(n4)CC/C(C4CCNC4)=C/CC5)cnc3CC2)N1. The molecule has 6 heterocycles. The Morgan fingerprint density at radius 3 is 2.90 bits per heavy atom. The van der Waals surface area contributed by atoms with E-state index in [0.717, 1.165) is 87.4 Å². The first-order valence-corrected chi connectivity index (χ1v) is 15.3. The van der Waals surface area contributed by atoms with Crippen molar-refractivity contribution in [1.82, 2.24) is 35.4 Å². The average Bonchev–Trinajstić information content (AvgIpc) is 3.71. The Morgan fingerprint density at radius 2 is 2.00 bits per heavy atom. The van der Waals surface area contributed by atoms with E-state index in [1.165, 1.54) is 41.2 Å². The van der Waals surface area contributed by atoms with Crippen molar-refractivity contribution in [2.24, 2.45) is 5.92 Å². The number of nitrogens with zero attached hydrogens (tertiary/aromatic N) is 4. The van der Waals surface area contributed by atoms with Crippen LogP contribution >= 0.6 is 0 Å². The number of imidazole rings is 1. The molecular formula is C33H41N7. The molecule has 3 unspecified atom stereocenters. The van der Waals surface area contributed by atoms with Crippen LogP contribution in [0.15, 0.2) is 48.5 Å². The van der Waals surface area contributed by atoms with Crippen LogP contribution in [-0.2, 0) is 19.4 Å². The van der Waals surface area contributed by atoms with Crippen molar-refractivity contribution in [2.45, 2.75) is 83.2 Å². The molecule has 0 spiro atoms. The zero-order valence-corrected chi connectivity index (χ0v) is 23.6. The van der Waals surface area contributed by atoms with Crippen LogP contribution in [0.3, 0.4) is 0 Å². The summed E-state index contributed by atoms with van der Waals surface area (Å²) in [6, 6.07) is 2.79. The second-order valence-corrected chi connectivity index (χ2v) is 12.1. The van der Waals surface area contributed by atoms with Gasteiger partial charge in [-0.25, -0.2) is 4.98 Å². The molecule has 3 aromatic heterocycles. The van der Waals surface area contributed by atoms with Gasteiger partial charge in [0, 0.05) is 61.0 Å². The Balaban J connectivity index is 1.07. The quantitative estimate of drug-likeness (QED) is 0.369.